The van der Waals surface area contributed by atoms with Gasteiger partial charge in [-0.2, -0.15) is 5.10 Å². The molecular weight excluding hydrogens is 336 g/mol. The standard InChI is InChI=1S/C18H24N4O4/c1-4-26-15(23)9-11(2)10-19-17(24)12(3)20-18(25)16-13-7-5-6-8-14(13)21-22-16/h5-8,11-12H,4,9-10H2,1-3H3,(H,19,24)(H,20,25)(H,21,22)/t11-,12-/m0/s1. The Morgan fingerprint density at radius 2 is 1.96 bits per heavy atom. The number of nitrogens with one attached hydrogen (secondary N) is 3. The second-order valence-corrected chi connectivity index (χ2v) is 6.17. The fourth-order valence-electron chi connectivity index (χ4n) is 2.47. The average molecular weight is 360 g/mol. The van der Waals surface area contributed by atoms with E-state index in [0.29, 0.717) is 18.5 Å². The maximum Gasteiger partial charge on any atom is 0.306 e. The van der Waals surface area contributed by atoms with E-state index in [2.05, 4.69) is 20.8 Å². The van der Waals surface area contributed by atoms with Crippen molar-refractivity contribution in [1.82, 2.24) is 20.8 Å². The molecule has 0 saturated carbocycles. The first-order valence-corrected chi connectivity index (χ1v) is 8.59. The number of para-hydroxylation sites is 1. The minimum absolute atomic E-state index is 0.0591. The zero-order valence-electron chi connectivity index (χ0n) is 15.2. The molecular formula is C18H24N4O4. The van der Waals surface area contributed by atoms with Gasteiger partial charge in [-0.15, -0.1) is 0 Å². The molecule has 0 aliphatic heterocycles. The van der Waals surface area contributed by atoms with Crippen molar-refractivity contribution >= 4 is 28.7 Å². The van der Waals surface area contributed by atoms with Crippen LogP contribution in [0, 0.1) is 5.92 Å². The first kappa shape index (κ1) is 19.4. The van der Waals surface area contributed by atoms with E-state index in [1.165, 1.54) is 0 Å². The molecule has 1 heterocycles. The third kappa shape index (κ3) is 5.05. The molecule has 2 amide bonds. The average Bonchev–Trinajstić information content (AvgIpc) is 3.03. The van der Waals surface area contributed by atoms with Crippen LogP contribution >= 0.6 is 0 Å². The highest BCUT2D eigenvalue weighted by molar-refractivity contribution is 6.05. The summed E-state index contributed by atoms with van der Waals surface area (Å²) in [4.78, 5) is 35.9. The van der Waals surface area contributed by atoms with Gasteiger partial charge in [-0.25, -0.2) is 0 Å². The summed E-state index contributed by atoms with van der Waals surface area (Å²) in [7, 11) is 0. The predicted molar refractivity (Wildman–Crippen MR) is 96.4 cm³/mol. The van der Waals surface area contributed by atoms with E-state index >= 15 is 0 Å². The highest BCUT2D eigenvalue weighted by atomic mass is 16.5. The lowest BCUT2D eigenvalue weighted by atomic mass is 10.1. The molecule has 2 atom stereocenters. The van der Waals surface area contributed by atoms with E-state index in [4.69, 9.17) is 4.74 Å². The van der Waals surface area contributed by atoms with Gasteiger partial charge in [-0.3, -0.25) is 19.5 Å². The SMILES string of the molecule is CCOC(=O)C[C@H](C)CNC(=O)[C@H](C)NC(=O)c1n[nH]c2ccccc12. The van der Waals surface area contributed by atoms with Crippen LogP contribution in [0.4, 0.5) is 0 Å². The molecule has 0 aliphatic rings. The molecule has 8 nitrogen and oxygen atoms in total. The van der Waals surface area contributed by atoms with Crippen LogP contribution in [0.25, 0.3) is 10.9 Å². The van der Waals surface area contributed by atoms with Crippen molar-refractivity contribution in [2.75, 3.05) is 13.2 Å². The van der Waals surface area contributed by atoms with Gasteiger partial charge in [0, 0.05) is 18.4 Å². The number of nitrogens with zero attached hydrogens (tertiary/aromatic N) is 1. The second-order valence-electron chi connectivity index (χ2n) is 6.17. The van der Waals surface area contributed by atoms with E-state index in [0.717, 1.165) is 5.52 Å². The Hall–Kier alpha value is -2.90. The van der Waals surface area contributed by atoms with Crippen molar-refractivity contribution < 1.29 is 19.1 Å². The molecule has 0 fully saturated rings. The number of benzene rings is 1. The van der Waals surface area contributed by atoms with Crippen molar-refractivity contribution in [1.29, 1.82) is 0 Å². The van der Waals surface area contributed by atoms with Gasteiger partial charge in [0.05, 0.1) is 12.1 Å². The van der Waals surface area contributed by atoms with E-state index in [9.17, 15) is 14.4 Å². The fraction of sp³-hybridized carbons (Fsp3) is 0.444. The number of carbonyl (C=O) groups is 3. The Bertz CT molecular complexity index is 786. The number of carbonyl (C=O) groups excluding carboxylic acids is 3. The van der Waals surface area contributed by atoms with Crippen molar-refractivity contribution in [3.8, 4) is 0 Å². The molecule has 0 bridgehead atoms. The molecule has 140 valence electrons. The fourth-order valence-corrected chi connectivity index (χ4v) is 2.47. The number of hydrogen-bond donors (Lipinski definition) is 3. The number of rotatable bonds is 8. The Morgan fingerprint density at radius 3 is 2.69 bits per heavy atom. The Morgan fingerprint density at radius 1 is 1.23 bits per heavy atom. The topological polar surface area (TPSA) is 113 Å². The molecule has 0 spiro atoms. The van der Waals surface area contributed by atoms with Crippen LogP contribution in [0.1, 0.15) is 37.7 Å². The lowest BCUT2D eigenvalue weighted by Crippen LogP contribution is -2.46. The molecule has 1 aromatic heterocycles. The number of hydrogen-bond acceptors (Lipinski definition) is 5. The summed E-state index contributed by atoms with van der Waals surface area (Å²) < 4.78 is 4.88. The molecule has 0 aliphatic carbocycles. The van der Waals surface area contributed by atoms with Gasteiger partial charge in [0.1, 0.15) is 6.04 Å². The monoisotopic (exact) mass is 360 g/mol. The first-order valence-electron chi connectivity index (χ1n) is 8.59. The van der Waals surface area contributed by atoms with Gasteiger partial charge >= 0.3 is 5.97 Å². The van der Waals surface area contributed by atoms with Gasteiger partial charge in [0.15, 0.2) is 5.69 Å². The molecule has 0 saturated heterocycles. The summed E-state index contributed by atoms with van der Waals surface area (Å²) in [6, 6.07) is 6.54. The summed E-state index contributed by atoms with van der Waals surface area (Å²) in [5.41, 5.74) is 0.999. The number of aromatic amines is 1. The second kappa shape index (κ2) is 8.98. The number of esters is 1. The maximum atomic E-state index is 12.4. The van der Waals surface area contributed by atoms with Crippen molar-refractivity contribution in [3.05, 3.63) is 30.0 Å². The van der Waals surface area contributed by atoms with Crippen LogP contribution in [-0.4, -0.2) is 47.2 Å². The zero-order valence-corrected chi connectivity index (χ0v) is 15.2. The lowest BCUT2D eigenvalue weighted by Gasteiger charge is -2.16. The predicted octanol–water partition coefficient (Wildman–Crippen LogP) is 1.39. The highest BCUT2D eigenvalue weighted by Crippen LogP contribution is 2.14. The van der Waals surface area contributed by atoms with Crippen LogP contribution in [0.15, 0.2) is 24.3 Å². The van der Waals surface area contributed by atoms with Crippen LogP contribution in [-0.2, 0) is 14.3 Å². The van der Waals surface area contributed by atoms with Crippen LogP contribution in [0.2, 0.25) is 0 Å². The van der Waals surface area contributed by atoms with E-state index in [1.54, 1.807) is 19.9 Å². The molecule has 2 rings (SSSR count). The smallest absolute Gasteiger partial charge is 0.306 e. The van der Waals surface area contributed by atoms with Gasteiger partial charge in [-0.05, 0) is 25.8 Å². The van der Waals surface area contributed by atoms with Gasteiger partial charge in [-0.1, -0.05) is 25.1 Å². The summed E-state index contributed by atoms with van der Waals surface area (Å²) >= 11 is 0. The molecule has 26 heavy (non-hydrogen) atoms. The summed E-state index contributed by atoms with van der Waals surface area (Å²) in [5.74, 6) is -1.10. The zero-order chi connectivity index (χ0) is 19.1. The van der Waals surface area contributed by atoms with E-state index < -0.39 is 11.9 Å². The lowest BCUT2D eigenvalue weighted by molar-refractivity contribution is -0.144. The normalized spacial score (nSPS) is 13.0. The quantitative estimate of drug-likeness (QED) is 0.616. The Labute approximate surface area is 151 Å². The van der Waals surface area contributed by atoms with Gasteiger partial charge in [0.25, 0.3) is 5.91 Å². The molecule has 2 aromatic rings. The van der Waals surface area contributed by atoms with Gasteiger partial charge < -0.3 is 15.4 Å². The third-order valence-corrected chi connectivity index (χ3v) is 3.87. The molecule has 3 N–H and O–H groups in total. The third-order valence-electron chi connectivity index (χ3n) is 3.87. The largest absolute Gasteiger partial charge is 0.466 e. The Kier molecular flexibility index (Phi) is 6.71. The summed E-state index contributed by atoms with van der Waals surface area (Å²) in [6.07, 6.45) is 0.230. The van der Waals surface area contributed by atoms with Crippen LogP contribution in [0.5, 0.6) is 0 Å². The minimum Gasteiger partial charge on any atom is -0.466 e. The van der Waals surface area contributed by atoms with E-state index in [1.807, 2.05) is 25.1 Å². The maximum absolute atomic E-state index is 12.4. The molecule has 0 radical (unpaired) electrons. The summed E-state index contributed by atoms with van der Waals surface area (Å²) in [6.45, 7) is 5.84. The van der Waals surface area contributed by atoms with Crippen molar-refractivity contribution in [2.45, 2.75) is 33.2 Å². The van der Waals surface area contributed by atoms with Crippen molar-refractivity contribution in [2.24, 2.45) is 5.92 Å². The minimum atomic E-state index is -0.729. The number of fused-ring (bicyclic) bond motifs is 1. The number of amides is 2. The first-order chi connectivity index (χ1) is 12.4. The number of ether oxygens (including phenoxy) is 1. The van der Waals surface area contributed by atoms with Crippen molar-refractivity contribution in [3.63, 3.8) is 0 Å². The van der Waals surface area contributed by atoms with Gasteiger partial charge in [0.2, 0.25) is 5.91 Å². The number of H-pyrrole nitrogens is 1. The highest BCUT2D eigenvalue weighted by Gasteiger charge is 2.20. The molecule has 0 unspecified atom stereocenters. The molecule has 1 aromatic carbocycles. The number of aromatic nitrogens is 2. The Balaban J connectivity index is 1.84. The van der Waals surface area contributed by atoms with Crippen LogP contribution < -0.4 is 10.6 Å². The van der Waals surface area contributed by atoms with Crippen LogP contribution in [0.3, 0.4) is 0 Å². The molecule has 8 heteroatoms. The van der Waals surface area contributed by atoms with E-state index in [-0.39, 0.29) is 29.9 Å². The summed E-state index contributed by atoms with van der Waals surface area (Å²) in [5, 5.41) is 12.9.